The molecule has 0 aliphatic carbocycles. The van der Waals surface area contributed by atoms with Gasteiger partial charge in [-0.25, -0.2) is 16.8 Å². The maximum absolute atomic E-state index is 13.2. The molecule has 1 aliphatic heterocycles. The number of hydrogen-bond acceptors (Lipinski definition) is 6. The zero-order valence-electron chi connectivity index (χ0n) is 16.4. The molecule has 1 N–H and O–H groups in total. The van der Waals surface area contributed by atoms with Crippen molar-refractivity contribution in [3.63, 3.8) is 0 Å². The van der Waals surface area contributed by atoms with Crippen LogP contribution < -0.4 is 13.8 Å². The molecular weight excluding hydrogens is 480 g/mol. The number of ether oxygens (including phenoxy) is 1. The number of rotatable bonds is 6. The molecule has 0 amide bonds. The summed E-state index contributed by atoms with van der Waals surface area (Å²) in [5.74, 6) is 0.571. The summed E-state index contributed by atoms with van der Waals surface area (Å²) < 4.78 is 61.1. The Bertz CT molecular complexity index is 1320. The van der Waals surface area contributed by atoms with Gasteiger partial charge >= 0.3 is 0 Å². The third kappa shape index (κ3) is 4.38. The fraction of sp³-hybridized carbons (Fsp3) is 0.200. The number of nitrogens with zero attached hydrogens (tertiary/aromatic N) is 1. The van der Waals surface area contributed by atoms with Crippen molar-refractivity contribution in [2.24, 2.45) is 0 Å². The van der Waals surface area contributed by atoms with Gasteiger partial charge in [0.05, 0.1) is 22.0 Å². The van der Waals surface area contributed by atoms with Gasteiger partial charge in [-0.1, -0.05) is 11.6 Å². The van der Waals surface area contributed by atoms with E-state index in [1.165, 1.54) is 35.7 Å². The second-order valence-electron chi connectivity index (χ2n) is 6.86. The lowest BCUT2D eigenvalue weighted by Crippen LogP contribution is -2.35. The van der Waals surface area contributed by atoms with Crippen molar-refractivity contribution in [1.82, 2.24) is 0 Å². The van der Waals surface area contributed by atoms with E-state index in [-0.39, 0.29) is 9.10 Å². The van der Waals surface area contributed by atoms with Crippen LogP contribution in [0.5, 0.6) is 5.75 Å². The van der Waals surface area contributed by atoms with Crippen LogP contribution in [0.1, 0.15) is 12.0 Å². The fourth-order valence-electron chi connectivity index (χ4n) is 3.40. The lowest BCUT2D eigenvalue weighted by atomic mass is 10.0. The quantitative estimate of drug-likeness (QED) is 0.545. The van der Waals surface area contributed by atoms with E-state index < -0.39 is 20.0 Å². The highest BCUT2D eigenvalue weighted by molar-refractivity contribution is 7.94. The lowest BCUT2D eigenvalue weighted by molar-refractivity contribution is 0.414. The number of fused-ring (bicyclic) bond motifs is 1. The maximum atomic E-state index is 13.2. The normalized spacial score (nSPS) is 14.2. The van der Waals surface area contributed by atoms with Crippen LogP contribution in [-0.4, -0.2) is 30.5 Å². The van der Waals surface area contributed by atoms with Crippen molar-refractivity contribution < 1.29 is 21.6 Å². The minimum atomic E-state index is -3.77. The summed E-state index contributed by atoms with van der Waals surface area (Å²) in [5.41, 5.74) is 1.67. The molecule has 0 unspecified atom stereocenters. The van der Waals surface area contributed by atoms with Crippen LogP contribution >= 0.6 is 22.9 Å². The van der Waals surface area contributed by atoms with E-state index in [0.717, 1.165) is 16.9 Å². The van der Waals surface area contributed by atoms with Gasteiger partial charge in [-0.15, -0.1) is 11.3 Å². The number of benzene rings is 2. The first-order valence-electron chi connectivity index (χ1n) is 9.28. The Hall–Kier alpha value is -2.27. The molecule has 0 saturated heterocycles. The molecule has 3 aromatic rings. The molecule has 0 bridgehead atoms. The molecular formula is C20H19ClN2O5S3. The predicted octanol–water partition coefficient (Wildman–Crippen LogP) is 4.35. The summed E-state index contributed by atoms with van der Waals surface area (Å²) in [6.07, 6.45) is 1.27. The van der Waals surface area contributed by atoms with Gasteiger partial charge in [0.15, 0.2) is 0 Å². The van der Waals surface area contributed by atoms with Crippen LogP contribution in [0.4, 0.5) is 11.4 Å². The van der Waals surface area contributed by atoms with Crippen LogP contribution in [0.2, 0.25) is 4.34 Å². The Morgan fingerprint density at radius 2 is 1.77 bits per heavy atom. The molecule has 0 radical (unpaired) electrons. The van der Waals surface area contributed by atoms with Gasteiger partial charge in [0.25, 0.3) is 20.0 Å². The second kappa shape index (κ2) is 8.34. The van der Waals surface area contributed by atoms with Crippen molar-refractivity contribution >= 4 is 54.4 Å². The second-order valence-corrected chi connectivity index (χ2v) is 12.4. The SMILES string of the molecule is COc1ccc(S(=O)(=O)N2CCCc3cc(NS(=O)(=O)c4ccc(Cl)s4)ccc32)cc1. The van der Waals surface area contributed by atoms with Gasteiger partial charge in [-0.2, -0.15) is 0 Å². The Kier molecular flexibility index (Phi) is 5.91. The molecule has 0 fully saturated rings. The first kappa shape index (κ1) is 21.9. The molecule has 2 aromatic carbocycles. The van der Waals surface area contributed by atoms with Crippen LogP contribution in [-0.2, 0) is 26.5 Å². The van der Waals surface area contributed by atoms with Crippen molar-refractivity contribution in [3.8, 4) is 5.75 Å². The van der Waals surface area contributed by atoms with Crippen LogP contribution in [0.15, 0.2) is 63.7 Å². The van der Waals surface area contributed by atoms with E-state index >= 15 is 0 Å². The molecule has 0 atom stereocenters. The Labute approximate surface area is 190 Å². The van der Waals surface area contributed by atoms with Gasteiger partial charge in [-0.05, 0) is 73.0 Å². The average molecular weight is 499 g/mol. The Morgan fingerprint density at radius 1 is 1.03 bits per heavy atom. The Morgan fingerprint density at radius 3 is 2.42 bits per heavy atom. The van der Waals surface area contributed by atoms with E-state index in [1.807, 2.05) is 0 Å². The number of sulfonamides is 2. The van der Waals surface area contributed by atoms with Gasteiger partial charge in [-0.3, -0.25) is 9.03 Å². The molecule has 164 valence electrons. The van der Waals surface area contributed by atoms with Crippen molar-refractivity contribution in [1.29, 1.82) is 0 Å². The molecule has 31 heavy (non-hydrogen) atoms. The Balaban J connectivity index is 1.64. The summed E-state index contributed by atoms with van der Waals surface area (Å²) in [5, 5.41) is 0. The predicted molar refractivity (Wildman–Crippen MR) is 122 cm³/mol. The molecule has 4 rings (SSSR count). The third-order valence-corrected chi connectivity index (χ3v) is 9.80. The standard InChI is InChI=1S/C20H19ClN2O5S3/c1-28-16-5-7-17(8-6-16)31(26,27)23-12-2-3-14-13-15(4-9-18(14)23)22-30(24,25)20-11-10-19(21)29-20/h4-11,13,22H,2-3,12H2,1H3. The van der Waals surface area contributed by atoms with Crippen LogP contribution in [0.3, 0.4) is 0 Å². The molecule has 11 heteroatoms. The number of aryl methyl sites for hydroxylation is 1. The topological polar surface area (TPSA) is 92.8 Å². The number of anilines is 2. The molecule has 2 heterocycles. The number of nitrogens with one attached hydrogen (secondary N) is 1. The van der Waals surface area contributed by atoms with E-state index in [0.29, 0.717) is 40.8 Å². The highest BCUT2D eigenvalue weighted by atomic mass is 35.5. The zero-order valence-corrected chi connectivity index (χ0v) is 19.6. The molecule has 1 aromatic heterocycles. The summed E-state index contributed by atoms with van der Waals surface area (Å²) in [4.78, 5) is 0.167. The van der Waals surface area contributed by atoms with E-state index in [2.05, 4.69) is 4.72 Å². The van der Waals surface area contributed by atoms with Gasteiger partial charge in [0, 0.05) is 12.2 Å². The maximum Gasteiger partial charge on any atom is 0.271 e. The van der Waals surface area contributed by atoms with E-state index in [4.69, 9.17) is 16.3 Å². The summed E-state index contributed by atoms with van der Waals surface area (Å²) in [6.45, 7) is 0.347. The fourth-order valence-corrected chi connectivity index (χ4v) is 7.47. The molecule has 0 saturated carbocycles. The minimum absolute atomic E-state index is 0.110. The summed E-state index contributed by atoms with van der Waals surface area (Å²) in [6, 6.07) is 14.1. The van der Waals surface area contributed by atoms with E-state index in [9.17, 15) is 16.8 Å². The first-order chi connectivity index (χ1) is 14.7. The van der Waals surface area contributed by atoms with Crippen LogP contribution in [0, 0.1) is 0 Å². The molecule has 7 nitrogen and oxygen atoms in total. The first-order valence-corrected chi connectivity index (χ1v) is 13.4. The van der Waals surface area contributed by atoms with Gasteiger partial charge < -0.3 is 4.74 Å². The third-order valence-electron chi connectivity index (χ3n) is 4.87. The van der Waals surface area contributed by atoms with E-state index in [1.54, 1.807) is 30.3 Å². The largest absolute Gasteiger partial charge is 0.497 e. The monoisotopic (exact) mass is 498 g/mol. The smallest absolute Gasteiger partial charge is 0.271 e. The molecule has 1 aliphatic rings. The summed E-state index contributed by atoms with van der Waals surface area (Å²) in [7, 11) is -6.02. The van der Waals surface area contributed by atoms with Crippen molar-refractivity contribution in [3.05, 3.63) is 64.5 Å². The highest BCUT2D eigenvalue weighted by Crippen LogP contribution is 2.35. The highest BCUT2D eigenvalue weighted by Gasteiger charge is 2.29. The van der Waals surface area contributed by atoms with Crippen molar-refractivity contribution in [2.75, 3.05) is 22.7 Å². The van der Waals surface area contributed by atoms with Crippen molar-refractivity contribution in [2.45, 2.75) is 21.9 Å². The number of thiophene rings is 1. The van der Waals surface area contributed by atoms with Crippen LogP contribution in [0.25, 0.3) is 0 Å². The average Bonchev–Trinajstić information content (AvgIpc) is 3.20. The number of halogens is 1. The molecule has 0 spiro atoms. The number of methoxy groups -OCH3 is 1. The lowest BCUT2D eigenvalue weighted by Gasteiger charge is -2.31. The number of hydrogen-bond donors (Lipinski definition) is 1. The zero-order chi connectivity index (χ0) is 22.2. The van der Waals surface area contributed by atoms with Gasteiger partial charge in [0.2, 0.25) is 0 Å². The minimum Gasteiger partial charge on any atom is -0.497 e. The van der Waals surface area contributed by atoms with Gasteiger partial charge in [0.1, 0.15) is 9.96 Å². The summed E-state index contributed by atoms with van der Waals surface area (Å²) >= 11 is 6.81.